The summed E-state index contributed by atoms with van der Waals surface area (Å²) in [5.41, 5.74) is 1.17. The van der Waals surface area contributed by atoms with Crippen LogP contribution in [0.25, 0.3) is 0 Å². The molecule has 1 fully saturated rings. The molecule has 3 rings (SSSR count). The van der Waals surface area contributed by atoms with E-state index in [0.717, 1.165) is 31.3 Å². The summed E-state index contributed by atoms with van der Waals surface area (Å²) in [6, 6.07) is 10.3. The van der Waals surface area contributed by atoms with Crippen LogP contribution >= 0.6 is 11.3 Å². The number of hydrogen-bond acceptors (Lipinski definition) is 5. The molecule has 6 heteroatoms. The minimum atomic E-state index is 0.0929. The zero-order chi connectivity index (χ0) is 16.9. The Morgan fingerprint density at radius 3 is 2.58 bits per heavy atom. The number of likely N-dealkylation sites (N-methyl/N-ethyl adjacent to an activating group) is 1. The summed E-state index contributed by atoms with van der Waals surface area (Å²) in [5, 5.41) is 3.08. The number of rotatable bonds is 5. The molecule has 24 heavy (non-hydrogen) atoms. The highest BCUT2D eigenvalue weighted by Gasteiger charge is 2.23. The van der Waals surface area contributed by atoms with E-state index >= 15 is 0 Å². The summed E-state index contributed by atoms with van der Waals surface area (Å²) in [5.74, 6) is 0.175. The van der Waals surface area contributed by atoms with Crippen LogP contribution < -0.4 is 4.90 Å². The van der Waals surface area contributed by atoms with Crippen LogP contribution in [0.15, 0.2) is 41.9 Å². The van der Waals surface area contributed by atoms with Gasteiger partial charge in [0.05, 0.1) is 12.6 Å². The Labute approximate surface area is 147 Å². The van der Waals surface area contributed by atoms with Crippen LogP contribution in [-0.4, -0.2) is 60.5 Å². The zero-order valence-electron chi connectivity index (χ0n) is 14.3. The zero-order valence-corrected chi connectivity index (χ0v) is 15.1. The van der Waals surface area contributed by atoms with Gasteiger partial charge in [-0.1, -0.05) is 30.3 Å². The molecule has 1 aromatic heterocycles. The van der Waals surface area contributed by atoms with E-state index < -0.39 is 0 Å². The molecular formula is C18H24N4OS. The van der Waals surface area contributed by atoms with Gasteiger partial charge < -0.3 is 9.80 Å². The number of nitrogens with zero attached hydrogens (tertiary/aromatic N) is 4. The number of anilines is 1. The van der Waals surface area contributed by atoms with Crippen molar-refractivity contribution >= 4 is 22.4 Å². The molecule has 1 aromatic carbocycles. The third kappa shape index (κ3) is 3.94. The van der Waals surface area contributed by atoms with Crippen LogP contribution in [0.1, 0.15) is 18.5 Å². The Morgan fingerprint density at radius 2 is 1.96 bits per heavy atom. The average molecular weight is 344 g/mol. The standard InChI is InChI=1S/C18H24N4OS/c1-15(16-6-4-3-5-7-16)20(2)17(23)14-21-9-11-22(12-10-21)18-19-8-13-24-18/h3-8,13,15H,9-12,14H2,1-2H3/t15-/m0/s1. The van der Waals surface area contributed by atoms with E-state index in [-0.39, 0.29) is 11.9 Å². The van der Waals surface area contributed by atoms with Crippen LogP contribution in [0.3, 0.4) is 0 Å². The Balaban J connectivity index is 1.50. The monoisotopic (exact) mass is 344 g/mol. The molecule has 128 valence electrons. The van der Waals surface area contributed by atoms with Crippen molar-refractivity contribution in [2.24, 2.45) is 0 Å². The van der Waals surface area contributed by atoms with Gasteiger partial charge in [-0.2, -0.15) is 0 Å². The van der Waals surface area contributed by atoms with Gasteiger partial charge >= 0.3 is 0 Å². The van der Waals surface area contributed by atoms with Gasteiger partial charge in [-0.15, -0.1) is 11.3 Å². The van der Waals surface area contributed by atoms with Crippen molar-refractivity contribution in [1.29, 1.82) is 0 Å². The van der Waals surface area contributed by atoms with Gasteiger partial charge in [-0.25, -0.2) is 4.98 Å². The van der Waals surface area contributed by atoms with Gasteiger partial charge in [0.1, 0.15) is 0 Å². The summed E-state index contributed by atoms with van der Waals surface area (Å²) < 4.78 is 0. The van der Waals surface area contributed by atoms with E-state index in [4.69, 9.17) is 0 Å². The number of piperazine rings is 1. The molecule has 0 saturated carbocycles. The minimum absolute atomic E-state index is 0.0929. The van der Waals surface area contributed by atoms with Crippen molar-refractivity contribution in [3.8, 4) is 0 Å². The second kappa shape index (κ2) is 7.77. The Bertz CT molecular complexity index is 638. The smallest absolute Gasteiger partial charge is 0.236 e. The lowest BCUT2D eigenvalue weighted by molar-refractivity contribution is -0.133. The summed E-state index contributed by atoms with van der Waals surface area (Å²) >= 11 is 1.67. The van der Waals surface area contributed by atoms with Crippen molar-refractivity contribution in [2.45, 2.75) is 13.0 Å². The minimum Gasteiger partial charge on any atom is -0.346 e. The molecule has 5 nitrogen and oxygen atoms in total. The SMILES string of the molecule is C[C@@H](c1ccccc1)N(C)C(=O)CN1CCN(c2nccs2)CC1. The van der Waals surface area contributed by atoms with Gasteiger partial charge in [0, 0.05) is 44.8 Å². The Hall–Kier alpha value is -1.92. The second-order valence-electron chi connectivity index (χ2n) is 6.17. The van der Waals surface area contributed by atoms with Gasteiger partial charge in [-0.05, 0) is 12.5 Å². The molecule has 0 spiro atoms. The molecule has 0 unspecified atom stereocenters. The topological polar surface area (TPSA) is 39.7 Å². The molecule has 0 aliphatic carbocycles. The average Bonchev–Trinajstić information content (AvgIpc) is 3.16. The highest BCUT2D eigenvalue weighted by molar-refractivity contribution is 7.13. The first-order chi connectivity index (χ1) is 11.6. The largest absolute Gasteiger partial charge is 0.346 e. The van der Waals surface area contributed by atoms with Crippen LogP contribution in [-0.2, 0) is 4.79 Å². The van der Waals surface area contributed by atoms with E-state index in [1.54, 1.807) is 11.3 Å². The van der Waals surface area contributed by atoms with Crippen molar-refractivity contribution in [2.75, 3.05) is 44.7 Å². The Kier molecular flexibility index (Phi) is 5.48. The molecule has 1 saturated heterocycles. The normalized spacial score (nSPS) is 16.8. The predicted molar refractivity (Wildman–Crippen MR) is 98.4 cm³/mol. The third-order valence-electron chi connectivity index (χ3n) is 4.68. The molecule has 2 aromatic rings. The molecule has 1 aliphatic rings. The lowest BCUT2D eigenvalue weighted by Crippen LogP contribution is -2.49. The maximum atomic E-state index is 12.6. The highest BCUT2D eigenvalue weighted by Crippen LogP contribution is 2.20. The first kappa shape index (κ1) is 16.9. The fourth-order valence-corrected chi connectivity index (χ4v) is 3.64. The molecule has 1 amide bonds. The van der Waals surface area contributed by atoms with Gasteiger partial charge in [-0.3, -0.25) is 9.69 Å². The maximum absolute atomic E-state index is 12.6. The first-order valence-electron chi connectivity index (χ1n) is 8.32. The van der Waals surface area contributed by atoms with Gasteiger partial charge in [0.15, 0.2) is 5.13 Å². The van der Waals surface area contributed by atoms with E-state index in [9.17, 15) is 4.79 Å². The molecule has 0 bridgehead atoms. The van der Waals surface area contributed by atoms with E-state index in [1.807, 2.05) is 41.7 Å². The Morgan fingerprint density at radius 1 is 1.25 bits per heavy atom. The van der Waals surface area contributed by atoms with Crippen LogP contribution in [0.4, 0.5) is 5.13 Å². The number of amides is 1. The molecule has 0 radical (unpaired) electrons. The number of benzene rings is 1. The predicted octanol–water partition coefficient (Wildman–Crippen LogP) is 2.48. The number of aromatic nitrogens is 1. The van der Waals surface area contributed by atoms with Crippen LogP contribution in [0.2, 0.25) is 0 Å². The van der Waals surface area contributed by atoms with E-state index in [0.29, 0.717) is 6.54 Å². The summed E-state index contributed by atoms with van der Waals surface area (Å²) in [4.78, 5) is 23.3. The summed E-state index contributed by atoms with van der Waals surface area (Å²) in [7, 11) is 1.89. The summed E-state index contributed by atoms with van der Waals surface area (Å²) in [6.07, 6.45) is 1.84. The van der Waals surface area contributed by atoms with Gasteiger partial charge in [0.25, 0.3) is 0 Å². The van der Waals surface area contributed by atoms with Crippen molar-refractivity contribution < 1.29 is 4.79 Å². The van der Waals surface area contributed by atoms with E-state index in [2.05, 4.69) is 33.8 Å². The lowest BCUT2D eigenvalue weighted by atomic mass is 10.1. The molecular weight excluding hydrogens is 320 g/mol. The van der Waals surface area contributed by atoms with Crippen LogP contribution in [0, 0.1) is 0 Å². The number of thiazole rings is 1. The van der Waals surface area contributed by atoms with Crippen molar-refractivity contribution in [3.05, 3.63) is 47.5 Å². The quantitative estimate of drug-likeness (QED) is 0.835. The van der Waals surface area contributed by atoms with Gasteiger partial charge in [0.2, 0.25) is 5.91 Å². The lowest BCUT2D eigenvalue weighted by Gasteiger charge is -2.35. The summed E-state index contributed by atoms with van der Waals surface area (Å²) in [6.45, 7) is 6.22. The number of carbonyl (C=O) groups is 1. The second-order valence-corrected chi connectivity index (χ2v) is 7.04. The van der Waals surface area contributed by atoms with Crippen LogP contribution in [0.5, 0.6) is 0 Å². The highest BCUT2D eigenvalue weighted by atomic mass is 32.1. The maximum Gasteiger partial charge on any atom is 0.236 e. The van der Waals surface area contributed by atoms with E-state index in [1.165, 1.54) is 5.56 Å². The fourth-order valence-electron chi connectivity index (χ4n) is 2.94. The fraction of sp³-hybridized carbons (Fsp3) is 0.444. The molecule has 1 atom stereocenters. The number of carbonyl (C=O) groups excluding carboxylic acids is 1. The van der Waals surface area contributed by atoms with Crippen molar-refractivity contribution in [1.82, 2.24) is 14.8 Å². The molecule has 1 aliphatic heterocycles. The first-order valence-corrected chi connectivity index (χ1v) is 9.20. The van der Waals surface area contributed by atoms with Crippen molar-refractivity contribution in [3.63, 3.8) is 0 Å². The number of hydrogen-bond donors (Lipinski definition) is 0. The molecule has 2 heterocycles. The third-order valence-corrected chi connectivity index (χ3v) is 5.51. The molecule has 0 N–H and O–H groups in total.